The van der Waals surface area contributed by atoms with Gasteiger partial charge in [0, 0.05) is 25.0 Å². The minimum absolute atomic E-state index is 0.0620. The Hall–Kier alpha value is -0.380. The number of aliphatic hydroxyl groups is 2. The van der Waals surface area contributed by atoms with Gasteiger partial charge in [-0.3, -0.25) is 0 Å². The maximum atomic E-state index is 10.8. The van der Waals surface area contributed by atoms with Gasteiger partial charge in [0.15, 0.2) is 0 Å². The number of likely N-dealkylation sites (tertiary alicyclic amines) is 1. The summed E-state index contributed by atoms with van der Waals surface area (Å²) in [5.41, 5.74) is 2.32. The highest BCUT2D eigenvalue weighted by Crippen LogP contribution is 2.68. The molecule has 1 saturated heterocycles. The molecule has 0 amide bonds. The molecule has 3 saturated carbocycles. The van der Waals surface area contributed by atoms with Crippen LogP contribution in [0.4, 0.5) is 0 Å². The van der Waals surface area contributed by atoms with Gasteiger partial charge in [0.05, 0.1) is 12.2 Å². The Morgan fingerprint density at radius 2 is 1.66 bits per heavy atom. The lowest BCUT2D eigenvalue weighted by Gasteiger charge is -2.61. The average Bonchev–Trinajstić information content (AvgIpc) is 3.10. The molecule has 0 aromatic heterocycles. The molecular formula is C29H49NO2. The maximum absolute atomic E-state index is 10.8. The van der Waals surface area contributed by atoms with Crippen molar-refractivity contribution in [2.75, 3.05) is 19.6 Å². The van der Waals surface area contributed by atoms with Crippen LogP contribution in [0.15, 0.2) is 11.6 Å². The summed E-state index contributed by atoms with van der Waals surface area (Å²) in [5.74, 6) is 4.14. The molecule has 182 valence electrons. The van der Waals surface area contributed by atoms with E-state index in [4.69, 9.17) is 0 Å². The Morgan fingerprint density at radius 3 is 2.38 bits per heavy atom. The number of piperidine rings is 1. The van der Waals surface area contributed by atoms with E-state index in [0.717, 1.165) is 61.9 Å². The number of hydrogen-bond donors (Lipinski definition) is 2. The third kappa shape index (κ3) is 3.47. The van der Waals surface area contributed by atoms with Gasteiger partial charge in [-0.1, -0.05) is 46.3 Å². The largest absolute Gasteiger partial charge is 0.393 e. The minimum Gasteiger partial charge on any atom is -0.393 e. The SMILES string of the molecule is C[C@H](CN1CCC(O)CC1)[C@H]1CCC2C3CC=C4C(C)(C)[C@@H](O)CC[C@]4(C)C3CC[C@@]21C. The minimum atomic E-state index is -0.181. The van der Waals surface area contributed by atoms with E-state index in [9.17, 15) is 10.2 Å². The fourth-order valence-corrected chi connectivity index (χ4v) is 10.0. The number of nitrogens with zero attached hydrogens (tertiary/aromatic N) is 1. The second-order valence-electron chi connectivity index (χ2n) is 13.7. The van der Waals surface area contributed by atoms with Crippen molar-refractivity contribution in [2.24, 2.45) is 45.8 Å². The van der Waals surface area contributed by atoms with Crippen LogP contribution in [0.1, 0.15) is 92.4 Å². The second kappa shape index (κ2) is 8.09. The Labute approximate surface area is 197 Å². The van der Waals surface area contributed by atoms with Crippen LogP contribution in [-0.4, -0.2) is 47.0 Å². The Balaban J connectivity index is 1.34. The zero-order valence-electron chi connectivity index (χ0n) is 21.4. The Bertz CT molecular complexity index is 737. The topological polar surface area (TPSA) is 43.7 Å². The first-order chi connectivity index (χ1) is 15.1. The van der Waals surface area contributed by atoms with Gasteiger partial charge in [-0.2, -0.15) is 0 Å². The predicted molar refractivity (Wildman–Crippen MR) is 131 cm³/mol. The summed E-state index contributed by atoms with van der Waals surface area (Å²) in [5, 5.41) is 20.6. The van der Waals surface area contributed by atoms with Crippen molar-refractivity contribution in [3.05, 3.63) is 11.6 Å². The molecule has 32 heavy (non-hydrogen) atoms. The van der Waals surface area contributed by atoms with Crippen molar-refractivity contribution in [1.82, 2.24) is 4.90 Å². The van der Waals surface area contributed by atoms with E-state index >= 15 is 0 Å². The molecule has 4 fully saturated rings. The first kappa shape index (κ1) is 23.4. The van der Waals surface area contributed by atoms with Gasteiger partial charge in [-0.25, -0.2) is 0 Å². The zero-order valence-corrected chi connectivity index (χ0v) is 21.4. The van der Waals surface area contributed by atoms with Gasteiger partial charge >= 0.3 is 0 Å². The van der Waals surface area contributed by atoms with Crippen molar-refractivity contribution >= 4 is 0 Å². The van der Waals surface area contributed by atoms with Gasteiger partial charge in [0.25, 0.3) is 0 Å². The summed E-state index contributed by atoms with van der Waals surface area (Å²) in [6.07, 6.45) is 13.3. The maximum Gasteiger partial charge on any atom is 0.0628 e. The lowest BCUT2D eigenvalue weighted by Crippen LogP contribution is -2.54. The van der Waals surface area contributed by atoms with Crippen LogP contribution in [0.3, 0.4) is 0 Å². The van der Waals surface area contributed by atoms with Crippen LogP contribution in [0.2, 0.25) is 0 Å². The third-order valence-electron chi connectivity index (χ3n) is 11.8. The lowest BCUT2D eigenvalue weighted by molar-refractivity contribution is -0.0792. The van der Waals surface area contributed by atoms with Crippen LogP contribution >= 0.6 is 0 Å². The molecule has 3 unspecified atom stereocenters. The van der Waals surface area contributed by atoms with Gasteiger partial charge in [0.2, 0.25) is 0 Å². The molecule has 5 rings (SSSR count). The van der Waals surface area contributed by atoms with Gasteiger partial charge in [0.1, 0.15) is 0 Å². The molecule has 3 nitrogen and oxygen atoms in total. The van der Waals surface area contributed by atoms with Crippen molar-refractivity contribution < 1.29 is 10.2 Å². The number of aliphatic hydroxyl groups excluding tert-OH is 2. The molecule has 1 heterocycles. The van der Waals surface area contributed by atoms with Crippen molar-refractivity contribution in [2.45, 2.75) is 105 Å². The highest BCUT2D eigenvalue weighted by Gasteiger charge is 2.61. The summed E-state index contributed by atoms with van der Waals surface area (Å²) in [7, 11) is 0. The molecule has 0 aromatic carbocycles. The fraction of sp³-hybridized carbons (Fsp3) is 0.931. The number of fused-ring (bicyclic) bond motifs is 5. The quantitative estimate of drug-likeness (QED) is 0.554. The fourth-order valence-electron chi connectivity index (χ4n) is 10.0. The average molecular weight is 444 g/mol. The Morgan fingerprint density at radius 1 is 0.938 bits per heavy atom. The van der Waals surface area contributed by atoms with E-state index in [-0.39, 0.29) is 17.6 Å². The van der Waals surface area contributed by atoms with E-state index in [0.29, 0.717) is 10.8 Å². The number of rotatable bonds is 3. The highest BCUT2D eigenvalue weighted by molar-refractivity contribution is 5.31. The van der Waals surface area contributed by atoms with E-state index in [2.05, 4.69) is 45.6 Å². The van der Waals surface area contributed by atoms with Crippen molar-refractivity contribution in [3.8, 4) is 0 Å². The van der Waals surface area contributed by atoms with Crippen LogP contribution in [0, 0.1) is 45.8 Å². The summed E-state index contributed by atoms with van der Waals surface area (Å²) in [6, 6.07) is 0. The summed E-state index contributed by atoms with van der Waals surface area (Å²) in [6.45, 7) is 15.7. The van der Waals surface area contributed by atoms with Crippen LogP contribution in [-0.2, 0) is 0 Å². The summed E-state index contributed by atoms with van der Waals surface area (Å²) in [4.78, 5) is 2.63. The van der Waals surface area contributed by atoms with Crippen LogP contribution < -0.4 is 0 Å². The van der Waals surface area contributed by atoms with E-state index in [1.807, 2.05) is 0 Å². The molecule has 3 heteroatoms. The molecule has 8 atom stereocenters. The molecule has 0 aromatic rings. The van der Waals surface area contributed by atoms with Crippen molar-refractivity contribution in [1.29, 1.82) is 0 Å². The number of allylic oxidation sites excluding steroid dienone is 1. The lowest BCUT2D eigenvalue weighted by atomic mass is 9.44. The molecule has 0 radical (unpaired) electrons. The smallest absolute Gasteiger partial charge is 0.0628 e. The summed E-state index contributed by atoms with van der Waals surface area (Å²) >= 11 is 0. The first-order valence-electron chi connectivity index (χ1n) is 13.9. The van der Waals surface area contributed by atoms with Gasteiger partial charge < -0.3 is 15.1 Å². The third-order valence-corrected chi connectivity index (χ3v) is 11.8. The predicted octanol–water partition coefficient (Wildman–Crippen LogP) is 5.66. The standard InChI is InChI=1S/C29H49NO2/c1-19(18-30-16-12-20(31)13-17-30)22-7-8-23-21-6-9-25-27(2,3)26(32)11-15-29(25,5)24(21)10-14-28(22,23)4/h9,19-24,26,31-32H,6-8,10-18H2,1-5H3/t19-,21?,22-,23?,24?,26+,28-,29-/m1/s1. The van der Waals surface area contributed by atoms with Crippen LogP contribution in [0.25, 0.3) is 0 Å². The van der Waals surface area contributed by atoms with Crippen molar-refractivity contribution in [3.63, 3.8) is 0 Å². The first-order valence-corrected chi connectivity index (χ1v) is 13.9. The van der Waals surface area contributed by atoms with Gasteiger partial charge in [-0.15, -0.1) is 0 Å². The zero-order chi connectivity index (χ0) is 22.9. The molecule has 0 bridgehead atoms. The van der Waals surface area contributed by atoms with E-state index in [1.165, 1.54) is 45.1 Å². The second-order valence-corrected chi connectivity index (χ2v) is 13.7. The van der Waals surface area contributed by atoms with Crippen LogP contribution in [0.5, 0.6) is 0 Å². The molecule has 5 aliphatic rings. The number of hydrogen-bond acceptors (Lipinski definition) is 3. The summed E-state index contributed by atoms with van der Waals surface area (Å²) < 4.78 is 0. The Kier molecular flexibility index (Phi) is 5.91. The highest BCUT2D eigenvalue weighted by atomic mass is 16.3. The molecule has 4 aliphatic carbocycles. The molecular weight excluding hydrogens is 394 g/mol. The normalized spacial score (nSPS) is 47.8. The van der Waals surface area contributed by atoms with Gasteiger partial charge in [-0.05, 0) is 98.2 Å². The molecule has 1 aliphatic heterocycles. The van der Waals surface area contributed by atoms with E-state index in [1.54, 1.807) is 5.57 Å². The molecule has 2 N–H and O–H groups in total. The molecule has 0 spiro atoms. The monoisotopic (exact) mass is 443 g/mol. The van der Waals surface area contributed by atoms with E-state index < -0.39 is 0 Å².